The highest BCUT2D eigenvalue weighted by atomic mass is 32.1. The lowest BCUT2D eigenvalue weighted by Gasteiger charge is -2.31. The number of nitrogens with one attached hydrogen (secondary N) is 1. The number of thiazole rings is 1. The van der Waals surface area contributed by atoms with Gasteiger partial charge in [0.1, 0.15) is 0 Å². The van der Waals surface area contributed by atoms with Gasteiger partial charge in [0.05, 0.1) is 22.2 Å². The van der Waals surface area contributed by atoms with Gasteiger partial charge in [-0.1, -0.05) is 77.1 Å². The molecule has 0 radical (unpaired) electrons. The maximum absolute atomic E-state index is 13.6. The number of piperidine rings is 1. The van der Waals surface area contributed by atoms with Gasteiger partial charge >= 0.3 is 6.01 Å². The predicted molar refractivity (Wildman–Crippen MR) is 153 cm³/mol. The first-order chi connectivity index (χ1) is 19.7. The fraction of sp³-hybridized carbons (Fsp3) is 0.167. The van der Waals surface area contributed by atoms with E-state index in [1.54, 1.807) is 18.2 Å². The minimum absolute atomic E-state index is 0.0182. The zero-order chi connectivity index (χ0) is 26.9. The van der Waals surface area contributed by atoms with Gasteiger partial charge in [0, 0.05) is 18.7 Å². The van der Waals surface area contributed by atoms with Gasteiger partial charge in [0.2, 0.25) is 0 Å². The van der Waals surface area contributed by atoms with Gasteiger partial charge in [-0.2, -0.15) is 4.98 Å². The molecule has 9 nitrogen and oxygen atoms in total. The van der Waals surface area contributed by atoms with E-state index < -0.39 is 0 Å². The Morgan fingerprint density at radius 1 is 0.925 bits per heavy atom. The smallest absolute Gasteiger partial charge is 0.322 e. The maximum Gasteiger partial charge on any atom is 0.322 e. The first kappa shape index (κ1) is 24.2. The summed E-state index contributed by atoms with van der Waals surface area (Å²) < 4.78 is 11.6. The Morgan fingerprint density at radius 2 is 1.70 bits per heavy atom. The fourth-order valence-corrected chi connectivity index (χ4v) is 6.10. The number of anilines is 2. The zero-order valence-corrected chi connectivity index (χ0v) is 22.2. The Balaban J connectivity index is 1.20. The third-order valence-corrected chi connectivity index (χ3v) is 8.22. The van der Waals surface area contributed by atoms with Crippen LogP contribution in [0, 0.1) is 0 Å². The number of furan rings is 1. The SMILES string of the molecule is O=C(Nc1nnc(-c2ccco2)o1)c1cc(-c2ccccc2)nc2nc(N3CCC(c4ccccc4)CC3)sc12. The van der Waals surface area contributed by atoms with Crippen molar-refractivity contribution in [2.75, 3.05) is 23.3 Å². The van der Waals surface area contributed by atoms with Gasteiger partial charge in [0.25, 0.3) is 11.8 Å². The minimum atomic E-state index is -0.378. The van der Waals surface area contributed by atoms with Crippen molar-refractivity contribution in [3.8, 4) is 22.9 Å². The van der Waals surface area contributed by atoms with E-state index in [0.29, 0.717) is 33.3 Å². The summed E-state index contributed by atoms with van der Waals surface area (Å²) in [6.07, 6.45) is 3.61. The number of amides is 1. The van der Waals surface area contributed by atoms with Crippen LogP contribution in [0.1, 0.15) is 34.7 Å². The lowest BCUT2D eigenvalue weighted by molar-refractivity contribution is 0.102. The fourth-order valence-electron chi connectivity index (χ4n) is 5.03. The molecule has 4 aromatic heterocycles. The lowest BCUT2D eigenvalue weighted by atomic mass is 9.90. The molecule has 0 saturated carbocycles. The standard InChI is InChI=1S/C30H24N6O3S/c37-27(33-29-35-34-28(39-29)24-12-7-17-38-24)22-18-23(21-10-5-2-6-11-21)31-26-25(22)40-30(32-26)36-15-13-20(14-16-36)19-8-3-1-4-9-19/h1-12,17-18,20H,13-16H2,(H,33,35,37). The van der Waals surface area contributed by atoms with E-state index >= 15 is 0 Å². The topological polar surface area (TPSA) is 110 Å². The van der Waals surface area contributed by atoms with E-state index in [-0.39, 0.29) is 17.8 Å². The molecule has 5 heterocycles. The number of carbonyl (C=O) groups is 1. The summed E-state index contributed by atoms with van der Waals surface area (Å²) in [6, 6.07) is 25.6. The summed E-state index contributed by atoms with van der Waals surface area (Å²) >= 11 is 1.48. The Bertz CT molecular complexity index is 1760. The molecule has 6 aromatic rings. The summed E-state index contributed by atoms with van der Waals surface area (Å²) in [5.41, 5.74) is 3.94. The number of hydrogen-bond acceptors (Lipinski definition) is 9. The average molecular weight is 549 g/mol. The van der Waals surface area contributed by atoms with Gasteiger partial charge in [-0.15, -0.1) is 5.10 Å². The molecule has 1 N–H and O–H groups in total. The van der Waals surface area contributed by atoms with Gasteiger partial charge in [0.15, 0.2) is 16.5 Å². The second kappa shape index (κ2) is 10.4. The van der Waals surface area contributed by atoms with E-state index in [1.807, 2.05) is 30.3 Å². The highest BCUT2D eigenvalue weighted by Gasteiger charge is 2.25. The van der Waals surface area contributed by atoms with Crippen molar-refractivity contribution >= 4 is 38.7 Å². The molecule has 0 atom stereocenters. The predicted octanol–water partition coefficient (Wildman–Crippen LogP) is 6.64. The first-order valence-electron chi connectivity index (χ1n) is 13.1. The summed E-state index contributed by atoms with van der Waals surface area (Å²) in [7, 11) is 0. The van der Waals surface area contributed by atoms with Crippen LogP contribution < -0.4 is 10.2 Å². The van der Waals surface area contributed by atoms with Gasteiger partial charge in [-0.3, -0.25) is 10.1 Å². The Hall–Kier alpha value is -4.83. The van der Waals surface area contributed by atoms with Gasteiger partial charge in [-0.25, -0.2) is 4.98 Å². The summed E-state index contributed by atoms with van der Waals surface area (Å²) in [6.45, 7) is 1.79. The third-order valence-electron chi connectivity index (χ3n) is 7.08. The lowest BCUT2D eigenvalue weighted by Crippen LogP contribution is -2.32. The molecule has 0 aliphatic carbocycles. The highest BCUT2D eigenvalue weighted by molar-refractivity contribution is 7.22. The number of aromatic nitrogens is 4. The molecule has 7 rings (SSSR count). The average Bonchev–Trinajstić information content (AvgIpc) is 3.79. The molecule has 1 saturated heterocycles. The highest BCUT2D eigenvalue weighted by Crippen LogP contribution is 2.37. The van der Waals surface area contributed by atoms with E-state index in [2.05, 4.69) is 50.7 Å². The van der Waals surface area contributed by atoms with Gasteiger partial charge in [-0.05, 0) is 42.5 Å². The molecular weight excluding hydrogens is 524 g/mol. The van der Waals surface area contributed by atoms with E-state index in [1.165, 1.54) is 23.2 Å². The van der Waals surface area contributed by atoms with Crippen LogP contribution in [0.2, 0.25) is 0 Å². The van der Waals surface area contributed by atoms with Crippen LogP contribution in [0.25, 0.3) is 33.3 Å². The second-order valence-electron chi connectivity index (χ2n) is 9.59. The number of fused-ring (bicyclic) bond motifs is 1. The molecule has 0 spiro atoms. The molecule has 40 heavy (non-hydrogen) atoms. The summed E-state index contributed by atoms with van der Waals surface area (Å²) in [4.78, 5) is 25.6. The first-order valence-corrected chi connectivity index (χ1v) is 13.9. The van der Waals surface area contributed by atoms with Crippen LogP contribution in [-0.2, 0) is 0 Å². The van der Waals surface area contributed by atoms with Crippen LogP contribution in [0.3, 0.4) is 0 Å². The number of hydrogen-bond donors (Lipinski definition) is 1. The molecule has 10 heteroatoms. The molecule has 0 bridgehead atoms. The van der Waals surface area contributed by atoms with Crippen molar-refractivity contribution in [1.82, 2.24) is 20.2 Å². The molecule has 1 aliphatic rings. The van der Waals surface area contributed by atoms with E-state index in [9.17, 15) is 4.79 Å². The largest absolute Gasteiger partial charge is 0.459 e. The summed E-state index contributed by atoms with van der Waals surface area (Å²) in [5, 5.41) is 11.5. The van der Waals surface area contributed by atoms with E-state index in [0.717, 1.165) is 36.6 Å². The van der Waals surface area contributed by atoms with Gasteiger partial charge < -0.3 is 13.7 Å². The van der Waals surface area contributed by atoms with Crippen LogP contribution >= 0.6 is 11.3 Å². The van der Waals surface area contributed by atoms with Crippen molar-refractivity contribution in [2.45, 2.75) is 18.8 Å². The number of nitrogens with zero attached hydrogens (tertiary/aromatic N) is 5. The third kappa shape index (κ3) is 4.73. The quantitative estimate of drug-likeness (QED) is 0.247. The van der Waals surface area contributed by atoms with Crippen LogP contribution in [0.4, 0.5) is 11.1 Å². The number of benzene rings is 2. The van der Waals surface area contributed by atoms with Crippen molar-refractivity contribution in [1.29, 1.82) is 0 Å². The number of pyridine rings is 1. The Morgan fingerprint density at radius 3 is 2.45 bits per heavy atom. The van der Waals surface area contributed by atoms with Crippen molar-refractivity contribution in [3.63, 3.8) is 0 Å². The van der Waals surface area contributed by atoms with Crippen molar-refractivity contribution in [3.05, 3.63) is 96.3 Å². The van der Waals surface area contributed by atoms with Crippen LogP contribution in [-0.4, -0.2) is 39.2 Å². The molecular formula is C30H24N6O3S. The Labute approximate surface area is 233 Å². The van der Waals surface area contributed by atoms with Crippen molar-refractivity contribution < 1.29 is 13.6 Å². The zero-order valence-electron chi connectivity index (χ0n) is 21.4. The van der Waals surface area contributed by atoms with Crippen molar-refractivity contribution in [2.24, 2.45) is 0 Å². The molecule has 1 amide bonds. The maximum atomic E-state index is 13.6. The van der Waals surface area contributed by atoms with Crippen LogP contribution in [0.15, 0.2) is 94.0 Å². The Kier molecular flexibility index (Phi) is 6.29. The number of carbonyl (C=O) groups excluding carboxylic acids is 1. The molecule has 2 aromatic carbocycles. The van der Waals surface area contributed by atoms with Crippen LogP contribution in [0.5, 0.6) is 0 Å². The monoisotopic (exact) mass is 548 g/mol. The number of rotatable bonds is 6. The summed E-state index contributed by atoms with van der Waals surface area (Å²) in [5.74, 6) is 0.770. The minimum Gasteiger partial charge on any atom is -0.459 e. The second-order valence-corrected chi connectivity index (χ2v) is 10.6. The van der Waals surface area contributed by atoms with E-state index in [4.69, 9.17) is 18.8 Å². The molecule has 1 fully saturated rings. The normalized spacial score (nSPS) is 14.1. The molecule has 198 valence electrons. The molecule has 0 unspecified atom stereocenters. The molecule has 1 aliphatic heterocycles.